The molecule has 4 rings (SSSR count). The Bertz CT molecular complexity index is 1480. The van der Waals surface area contributed by atoms with Crippen LogP contribution in [0.15, 0.2) is 30.3 Å². The van der Waals surface area contributed by atoms with E-state index in [0.29, 0.717) is 53.7 Å². The number of aromatic nitrogens is 1. The van der Waals surface area contributed by atoms with Gasteiger partial charge in [0, 0.05) is 35.6 Å². The summed E-state index contributed by atoms with van der Waals surface area (Å²) in [6, 6.07) is 9.74. The number of benzene rings is 2. The SMILES string of the molecule is COc1ccc(N(c2[nH]c3cc(C#N)ccc3c2C(=O)O)C(C)C)c(F)c1C1CCN(C(=O)OC(C)(C)C)CC1. The molecule has 0 radical (unpaired) electrons. The number of methoxy groups -OCH3 is 1. The van der Waals surface area contributed by atoms with E-state index in [1.165, 1.54) is 7.11 Å². The van der Waals surface area contributed by atoms with Crippen LogP contribution in [-0.4, -0.2) is 58.9 Å². The molecule has 212 valence electrons. The number of carbonyl (C=O) groups is 2. The predicted molar refractivity (Wildman–Crippen MR) is 150 cm³/mol. The number of nitrogens with zero attached hydrogens (tertiary/aromatic N) is 3. The number of piperidine rings is 1. The first-order chi connectivity index (χ1) is 18.9. The third-order valence-electron chi connectivity index (χ3n) is 7.03. The monoisotopic (exact) mass is 550 g/mol. The lowest BCUT2D eigenvalue weighted by atomic mass is 9.87. The number of carboxylic acids is 1. The van der Waals surface area contributed by atoms with Crippen molar-refractivity contribution in [2.75, 3.05) is 25.1 Å². The Morgan fingerprint density at radius 1 is 1.20 bits per heavy atom. The zero-order valence-corrected chi connectivity index (χ0v) is 23.7. The number of halogens is 1. The highest BCUT2D eigenvalue weighted by Crippen LogP contribution is 2.43. The minimum Gasteiger partial charge on any atom is -0.496 e. The summed E-state index contributed by atoms with van der Waals surface area (Å²) in [5.41, 5.74) is 0.843. The van der Waals surface area contributed by atoms with Gasteiger partial charge in [-0.2, -0.15) is 5.26 Å². The molecule has 2 aromatic carbocycles. The number of amides is 1. The number of carbonyl (C=O) groups excluding carboxylic acids is 1. The summed E-state index contributed by atoms with van der Waals surface area (Å²) < 4.78 is 27.6. The van der Waals surface area contributed by atoms with Crippen molar-refractivity contribution < 1.29 is 28.6 Å². The molecular formula is C30H35FN4O5. The predicted octanol–water partition coefficient (Wildman–Crippen LogP) is 6.55. The van der Waals surface area contributed by atoms with Crippen molar-refractivity contribution in [1.82, 2.24) is 9.88 Å². The number of nitrogens with one attached hydrogen (secondary N) is 1. The van der Waals surface area contributed by atoms with E-state index in [2.05, 4.69) is 11.1 Å². The number of rotatable bonds is 6. The number of likely N-dealkylation sites (tertiary alicyclic amines) is 1. The summed E-state index contributed by atoms with van der Waals surface area (Å²) in [4.78, 5) is 31.4. The fourth-order valence-corrected chi connectivity index (χ4v) is 5.29. The molecule has 0 unspecified atom stereocenters. The van der Waals surface area contributed by atoms with Crippen LogP contribution in [0.5, 0.6) is 5.75 Å². The van der Waals surface area contributed by atoms with Crippen molar-refractivity contribution in [3.05, 3.63) is 52.8 Å². The normalized spacial score (nSPS) is 14.3. The maximum Gasteiger partial charge on any atom is 0.410 e. The first-order valence-electron chi connectivity index (χ1n) is 13.3. The van der Waals surface area contributed by atoms with E-state index in [0.717, 1.165) is 0 Å². The number of aromatic amines is 1. The molecule has 1 aliphatic heterocycles. The molecular weight excluding hydrogens is 515 g/mol. The van der Waals surface area contributed by atoms with Gasteiger partial charge in [-0.15, -0.1) is 0 Å². The Balaban J connectivity index is 1.75. The molecule has 1 amide bonds. The van der Waals surface area contributed by atoms with E-state index >= 15 is 4.39 Å². The fraction of sp³-hybridized carbons (Fsp3) is 0.433. The zero-order valence-electron chi connectivity index (χ0n) is 23.7. The lowest BCUT2D eigenvalue weighted by Crippen LogP contribution is -2.41. The van der Waals surface area contributed by atoms with Crippen LogP contribution >= 0.6 is 0 Å². The highest BCUT2D eigenvalue weighted by atomic mass is 19.1. The average molecular weight is 551 g/mol. The second-order valence-electron chi connectivity index (χ2n) is 11.2. The summed E-state index contributed by atoms with van der Waals surface area (Å²) in [7, 11) is 1.49. The molecule has 40 heavy (non-hydrogen) atoms. The van der Waals surface area contributed by atoms with Crippen LogP contribution in [0.25, 0.3) is 10.9 Å². The van der Waals surface area contributed by atoms with Crippen LogP contribution in [0.4, 0.5) is 20.7 Å². The third kappa shape index (κ3) is 5.55. The van der Waals surface area contributed by atoms with Gasteiger partial charge < -0.3 is 29.4 Å². The van der Waals surface area contributed by atoms with Gasteiger partial charge in [0.2, 0.25) is 0 Å². The molecule has 0 saturated carbocycles. The first-order valence-corrected chi connectivity index (χ1v) is 13.3. The van der Waals surface area contributed by atoms with Crippen molar-refractivity contribution in [3.8, 4) is 11.8 Å². The maximum atomic E-state index is 16.6. The number of H-pyrrole nitrogens is 1. The van der Waals surface area contributed by atoms with E-state index in [1.54, 1.807) is 40.1 Å². The second-order valence-corrected chi connectivity index (χ2v) is 11.2. The molecule has 0 spiro atoms. The molecule has 1 fully saturated rings. The standard InChI is InChI=1S/C30H35FN4O5/c1-17(2)35(27-25(28(36)37)20-8-7-18(16-32)15-21(20)33-27)22-9-10-23(39-6)24(26(22)31)19-11-13-34(14-12-19)29(38)40-30(3,4)5/h7-10,15,17,19,33H,11-14H2,1-6H3,(H,36,37). The van der Waals surface area contributed by atoms with Gasteiger partial charge in [-0.25, -0.2) is 14.0 Å². The number of nitriles is 1. The zero-order chi connectivity index (χ0) is 29.4. The Morgan fingerprint density at radius 3 is 2.42 bits per heavy atom. The van der Waals surface area contributed by atoms with Crippen molar-refractivity contribution in [1.29, 1.82) is 5.26 Å². The Kier molecular flexibility index (Phi) is 7.96. The van der Waals surface area contributed by atoms with Crippen molar-refractivity contribution in [2.24, 2.45) is 0 Å². The van der Waals surface area contributed by atoms with Gasteiger partial charge >= 0.3 is 12.1 Å². The molecule has 2 N–H and O–H groups in total. The minimum atomic E-state index is -1.17. The van der Waals surface area contributed by atoms with Crippen LogP contribution in [0.3, 0.4) is 0 Å². The van der Waals surface area contributed by atoms with Crippen molar-refractivity contribution in [3.63, 3.8) is 0 Å². The highest BCUT2D eigenvalue weighted by molar-refractivity contribution is 6.09. The van der Waals surface area contributed by atoms with Crippen LogP contribution in [0.2, 0.25) is 0 Å². The van der Waals surface area contributed by atoms with Gasteiger partial charge in [0.25, 0.3) is 0 Å². The molecule has 1 aromatic heterocycles. The highest BCUT2D eigenvalue weighted by Gasteiger charge is 2.33. The Morgan fingerprint density at radius 2 is 1.88 bits per heavy atom. The van der Waals surface area contributed by atoms with Crippen molar-refractivity contribution in [2.45, 2.75) is 65.0 Å². The quantitative estimate of drug-likeness (QED) is 0.357. The van der Waals surface area contributed by atoms with Gasteiger partial charge in [-0.1, -0.05) is 6.07 Å². The third-order valence-corrected chi connectivity index (χ3v) is 7.03. The average Bonchev–Trinajstić information content (AvgIpc) is 3.26. The molecule has 9 nitrogen and oxygen atoms in total. The van der Waals surface area contributed by atoms with E-state index < -0.39 is 23.5 Å². The van der Waals surface area contributed by atoms with Gasteiger partial charge in [0.15, 0.2) is 5.82 Å². The van der Waals surface area contributed by atoms with E-state index in [1.807, 2.05) is 34.6 Å². The van der Waals surface area contributed by atoms with E-state index in [4.69, 9.17) is 9.47 Å². The number of fused-ring (bicyclic) bond motifs is 1. The van der Waals surface area contributed by atoms with Gasteiger partial charge in [0.1, 0.15) is 22.7 Å². The van der Waals surface area contributed by atoms with Crippen molar-refractivity contribution >= 4 is 34.5 Å². The second kappa shape index (κ2) is 11.1. The number of aromatic carboxylic acids is 1. The van der Waals surface area contributed by atoms with Crippen LogP contribution in [0, 0.1) is 17.1 Å². The fourth-order valence-electron chi connectivity index (χ4n) is 5.29. The molecule has 1 saturated heterocycles. The summed E-state index contributed by atoms with van der Waals surface area (Å²) in [5, 5.41) is 19.9. The Hall–Kier alpha value is -4.26. The molecule has 0 aliphatic carbocycles. The molecule has 3 aromatic rings. The van der Waals surface area contributed by atoms with Crippen LogP contribution in [-0.2, 0) is 4.74 Å². The van der Waals surface area contributed by atoms with Gasteiger partial charge in [-0.05, 0) is 77.6 Å². The van der Waals surface area contributed by atoms with E-state index in [-0.39, 0.29) is 29.0 Å². The van der Waals surface area contributed by atoms with Gasteiger partial charge in [0.05, 0.1) is 24.4 Å². The number of hydrogen-bond donors (Lipinski definition) is 2. The summed E-state index contributed by atoms with van der Waals surface area (Å²) in [6.07, 6.45) is 0.639. The molecule has 0 atom stereocenters. The Labute approximate surface area is 233 Å². The molecule has 10 heteroatoms. The summed E-state index contributed by atoms with van der Waals surface area (Å²) >= 11 is 0. The van der Waals surface area contributed by atoms with Gasteiger partial charge in [-0.3, -0.25) is 0 Å². The minimum absolute atomic E-state index is 0.00405. The summed E-state index contributed by atoms with van der Waals surface area (Å²) in [6.45, 7) is 9.96. The summed E-state index contributed by atoms with van der Waals surface area (Å²) in [5.74, 6) is -1.27. The lowest BCUT2D eigenvalue weighted by molar-refractivity contribution is 0.0203. The number of anilines is 2. The van der Waals surface area contributed by atoms with E-state index in [9.17, 15) is 20.0 Å². The molecule has 1 aliphatic rings. The maximum absolute atomic E-state index is 16.6. The topological polar surface area (TPSA) is 119 Å². The molecule has 2 heterocycles. The number of carboxylic acid groups (broad SMARTS) is 1. The first kappa shape index (κ1) is 28.7. The lowest BCUT2D eigenvalue weighted by Gasteiger charge is -2.35. The largest absolute Gasteiger partial charge is 0.496 e. The number of hydrogen-bond acceptors (Lipinski definition) is 6. The van der Waals surface area contributed by atoms with Crippen LogP contribution < -0.4 is 9.64 Å². The smallest absolute Gasteiger partial charge is 0.410 e. The number of ether oxygens (including phenoxy) is 2. The van der Waals surface area contributed by atoms with Crippen LogP contribution in [0.1, 0.15) is 74.9 Å². The molecule has 0 bridgehead atoms.